The molecule has 0 unspecified atom stereocenters. The van der Waals surface area contributed by atoms with Crippen LogP contribution < -0.4 is 5.32 Å². The van der Waals surface area contributed by atoms with E-state index in [1.165, 1.54) is 0 Å². The predicted octanol–water partition coefficient (Wildman–Crippen LogP) is 2.53. The Morgan fingerprint density at radius 1 is 1.27 bits per heavy atom. The first kappa shape index (κ1) is 18.9. The van der Waals surface area contributed by atoms with Gasteiger partial charge in [-0.15, -0.1) is 0 Å². The van der Waals surface area contributed by atoms with Crippen LogP contribution in [0.3, 0.4) is 0 Å². The van der Waals surface area contributed by atoms with Crippen molar-refractivity contribution < 1.29 is 14.3 Å². The molecule has 0 bridgehead atoms. The van der Waals surface area contributed by atoms with Crippen LogP contribution in [0.25, 0.3) is 0 Å². The summed E-state index contributed by atoms with van der Waals surface area (Å²) in [5, 5.41) is 10.2. The normalized spacial score (nSPS) is 22.3. The number of nitrogens with zero attached hydrogens (tertiary/aromatic N) is 2. The highest BCUT2D eigenvalue weighted by atomic mass is 16.5. The van der Waals surface area contributed by atoms with Gasteiger partial charge in [0.2, 0.25) is 11.8 Å². The average Bonchev–Trinajstić information content (AvgIpc) is 3.09. The zero-order valence-electron chi connectivity index (χ0n) is 16.0. The Labute approximate surface area is 154 Å². The van der Waals surface area contributed by atoms with Crippen LogP contribution in [0.4, 0.5) is 5.82 Å². The lowest BCUT2D eigenvalue weighted by atomic mass is 9.91. The van der Waals surface area contributed by atoms with Crippen LogP contribution in [0.15, 0.2) is 6.07 Å². The van der Waals surface area contributed by atoms with Gasteiger partial charge in [-0.2, -0.15) is 5.10 Å². The number of hydrogen-bond donors (Lipinski definition) is 2. The largest absolute Gasteiger partial charge is 0.381 e. The summed E-state index contributed by atoms with van der Waals surface area (Å²) in [5.74, 6) is 0.850. The number of carbonyl (C=O) groups is 2. The van der Waals surface area contributed by atoms with Crippen LogP contribution in [0.2, 0.25) is 0 Å². The molecule has 2 N–H and O–H groups in total. The fourth-order valence-electron chi connectivity index (χ4n) is 3.70. The molecule has 26 heavy (non-hydrogen) atoms. The minimum atomic E-state index is -0.417. The SMILES string of the molecule is CC(C)(C)C(=O)N1CCC[C@@H](C(=O)Nc2cc(C3CCOCC3)[nH]n2)C1. The number of rotatable bonds is 3. The number of amides is 2. The van der Waals surface area contributed by atoms with Crippen molar-refractivity contribution in [2.75, 3.05) is 31.6 Å². The first-order valence-electron chi connectivity index (χ1n) is 9.58. The van der Waals surface area contributed by atoms with Gasteiger partial charge in [-0.1, -0.05) is 20.8 Å². The van der Waals surface area contributed by atoms with Gasteiger partial charge in [0.1, 0.15) is 0 Å². The molecule has 7 nitrogen and oxygen atoms in total. The van der Waals surface area contributed by atoms with E-state index in [1.807, 2.05) is 31.7 Å². The number of piperidine rings is 1. The second kappa shape index (κ2) is 7.78. The topological polar surface area (TPSA) is 87.3 Å². The summed E-state index contributed by atoms with van der Waals surface area (Å²) in [6, 6.07) is 1.93. The zero-order chi connectivity index (χ0) is 18.7. The summed E-state index contributed by atoms with van der Waals surface area (Å²) < 4.78 is 5.39. The second-order valence-corrected chi connectivity index (χ2v) is 8.42. The average molecular weight is 362 g/mol. The van der Waals surface area contributed by atoms with Crippen molar-refractivity contribution in [3.05, 3.63) is 11.8 Å². The quantitative estimate of drug-likeness (QED) is 0.865. The Hall–Kier alpha value is -1.89. The zero-order valence-corrected chi connectivity index (χ0v) is 16.0. The lowest BCUT2D eigenvalue weighted by Crippen LogP contribution is -2.47. The molecule has 3 heterocycles. The van der Waals surface area contributed by atoms with Gasteiger partial charge in [-0.3, -0.25) is 14.7 Å². The van der Waals surface area contributed by atoms with Gasteiger partial charge in [0, 0.05) is 49.4 Å². The second-order valence-electron chi connectivity index (χ2n) is 8.42. The van der Waals surface area contributed by atoms with E-state index in [-0.39, 0.29) is 17.7 Å². The molecule has 2 fully saturated rings. The number of anilines is 1. The molecule has 7 heteroatoms. The Bertz CT molecular complexity index is 643. The van der Waals surface area contributed by atoms with E-state index in [0.29, 0.717) is 18.3 Å². The van der Waals surface area contributed by atoms with E-state index in [0.717, 1.165) is 51.1 Å². The van der Waals surface area contributed by atoms with Gasteiger partial charge in [-0.25, -0.2) is 0 Å². The van der Waals surface area contributed by atoms with Crippen molar-refractivity contribution in [2.45, 2.75) is 52.4 Å². The van der Waals surface area contributed by atoms with Crippen molar-refractivity contribution >= 4 is 17.6 Å². The highest BCUT2D eigenvalue weighted by molar-refractivity contribution is 5.92. The molecular weight excluding hydrogens is 332 g/mol. The van der Waals surface area contributed by atoms with E-state index >= 15 is 0 Å². The van der Waals surface area contributed by atoms with Crippen molar-refractivity contribution in [2.24, 2.45) is 11.3 Å². The number of aromatic nitrogens is 2. The number of carbonyl (C=O) groups excluding carboxylic acids is 2. The summed E-state index contributed by atoms with van der Waals surface area (Å²) in [6.45, 7) is 8.51. The molecule has 0 radical (unpaired) electrons. The third-order valence-corrected chi connectivity index (χ3v) is 5.23. The number of ether oxygens (including phenoxy) is 1. The smallest absolute Gasteiger partial charge is 0.230 e. The van der Waals surface area contributed by atoms with Crippen molar-refractivity contribution in [1.82, 2.24) is 15.1 Å². The number of H-pyrrole nitrogens is 1. The molecule has 0 aliphatic carbocycles. The molecule has 3 rings (SSSR count). The Morgan fingerprint density at radius 2 is 2.00 bits per heavy atom. The fourth-order valence-corrected chi connectivity index (χ4v) is 3.70. The van der Waals surface area contributed by atoms with Crippen LogP contribution in [0.5, 0.6) is 0 Å². The third kappa shape index (κ3) is 4.44. The first-order chi connectivity index (χ1) is 12.3. The number of aromatic amines is 1. The lowest BCUT2D eigenvalue weighted by Gasteiger charge is -2.35. The van der Waals surface area contributed by atoms with E-state index in [1.54, 1.807) is 0 Å². The summed E-state index contributed by atoms with van der Waals surface area (Å²) in [5.41, 5.74) is 0.635. The van der Waals surface area contributed by atoms with Crippen LogP contribution >= 0.6 is 0 Å². The van der Waals surface area contributed by atoms with Gasteiger partial charge in [0.15, 0.2) is 5.82 Å². The maximum Gasteiger partial charge on any atom is 0.230 e. The van der Waals surface area contributed by atoms with E-state index in [2.05, 4.69) is 15.5 Å². The predicted molar refractivity (Wildman–Crippen MR) is 98.8 cm³/mol. The molecule has 144 valence electrons. The molecule has 0 saturated carbocycles. The number of hydrogen-bond acceptors (Lipinski definition) is 4. The van der Waals surface area contributed by atoms with E-state index in [9.17, 15) is 9.59 Å². The standard InChI is InChI=1S/C19H30N4O3/c1-19(2,3)18(25)23-8-4-5-14(12-23)17(24)20-16-11-15(21-22-16)13-6-9-26-10-7-13/h11,13-14H,4-10,12H2,1-3H3,(H2,20,21,22,24)/t14-/m1/s1. The minimum Gasteiger partial charge on any atom is -0.381 e. The molecule has 2 saturated heterocycles. The summed E-state index contributed by atoms with van der Waals surface area (Å²) in [7, 11) is 0. The van der Waals surface area contributed by atoms with Crippen molar-refractivity contribution in [3.63, 3.8) is 0 Å². The lowest BCUT2D eigenvalue weighted by molar-refractivity contribution is -0.142. The molecule has 2 aliphatic rings. The van der Waals surface area contributed by atoms with Crippen molar-refractivity contribution in [1.29, 1.82) is 0 Å². The summed E-state index contributed by atoms with van der Waals surface area (Å²) in [4.78, 5) is 27.0. The highest BCUT2D eigenvalue weighted by Gasteiger charge is 2.33. The maximum atomic E-state index is 12.6. The Kier molecular flexibility index (Phi) is 5.65. The first-order valence-corrected chi connectivity index (χ1v) is 9.58. The molecule has 1 aromatic heterocycles. The molecule has 2 amide bonds. The van der Waals surface area contributed by atoms with E-state index in [4.69, 9.17) is 4.74 Å². The fraction of sp³-hybridized carbons (Fsp3) is 0.737. The van der Waals surface area contributed by atoms with Crippen LogP contribution in [-0.2, 0) is 14.3 Å². The third-order valence-electron chi connectivity index (χ3n) is 5.23. The summed E-state index contributed by atoms with van der Waals surface area (Å²) >= 11 is 0. The minimum absolute atomic E-state index is 0.0542. The van der Waals surface area contributed by atoms with Crippen LogP contribution in [0, 0.1) is 11.3 Å². The van der Waals surface area contributed by atoms with Crippen LogP contribution in [0.1, 0.15) is 58.1 Å². The number of likely N-dealkylation sites (tertiary alicyclic amines) is 1. The Balaban J connectivity index is 1.57. The van der Waals surface area contributed by atoms with Gasteiger partial charge < -0.3 is 15.0 Å². The monoisotopic (exact) mass is 362 g/mol. The molecule has 1 atom stereocenters. The van der Waals surface area contributed by atoms with Crippen molar-refractivity contribution in [3.8, 4) is 0 Å². The summed E-state index contributed by atoms with van der Waals surface area (Å²) in [6.07, 6.45) is 3.61. The van der Waals surface area contributed by atoms with Gasteiger partial charge in [0.05, 0.1) is 5.92 Å². The van der Waals surface area contributed by atoms with E-state index < -0.39 is 5.41 Å². The molecular formula is C19H30N4O3. The Morgan fingerprint density at radius 3 is 2.69 bits per heavy atom. The highest BCUT2D eigenvalue weighted by Crippen LogP contribution is 2.27. The van der Waals surface area contributed by atoms with Crippen LogP contribution in [-0.4, -0.2) is 53.2 Å². The van der Waals surface area contributed by atoms with Gasteiger partial charge in [0.25, 0.3) is 0 Å². The molecule has 0 spiro atoms. The molecule has 2 aliphatic heterocycles. The molecule has 1 aromatic rings. The van der Waals surface area contributed by atoms with Gasteiger partial charge in [-0.05, 0) is 25.7 Å². The van der Waals surface area contributed by atoms with Gasteiger partial charge >= 0.3 is 0 Å². The molecule has 0 aromatic carbocycles. The maximum absolute atomic E-state index is 12.6. The number of nitrogens with one attached hydrogen (secondary N) is 2.